The van der Waals surface area contributed by atoms with Crippen LogP contribution in [0.1, 0.15) is 39.5 Å². The molecular weight excluding hydrogens is 200 g/mol. The largest absolute Gasteiger partial charge is 0.342 e. The predicted octanol–water partition coefficient (Wildman–Crippen LogP) is 1.62. The third-order valence-electron chi connectivity index (χ3n) is 4.42. The van der Waals surface area contributed by atoms with Gasteiger partial charge in [0.1, 0.15) is 0 Å². The van der Waals surface area contributed by atoms with Gasteiger partial charge in [0.05, 0.1) is 0 Å². The predicted molar refractivity (Wildman–Crippen MR) is 64.8 cm³/mol. The van der Waals surface area contributed by atoms with E-state index in [0.29, 0.717) is 17.7 Å². The first-order chi connectivity index (χ1) is 7.59. The van der Waals surface area contributed by atoms with Gasteiger partial charge in [0, 0.05) is 25.0 Å². The summed E-state index contributed by atoms with van der Waals surface area (Å²) in [5.41, 5.74) is 6.10. The van der Waals surface area contributed by atoms with Gasteiger partial charge in [-0.1, -0.05) is 13.8 Å². The molecule has 0 aromatic rings. The molecule has 1 saturated heterocycles. The lowest BCUT2D eigenvalue weighted by molar-refractivity contribution is -0.137. The first kappa shape index (κ1) is 11.9. The van der Waals surface area contributed by atoms with Crippen molar-refractivity contribution < 1.29 is 4.79 Å². The summed E-state index contributed by atoms with van der Waals surface area (Å²) in [5.74, 6) is 1.62. The maximum Gasteiger partial charge on any atom is 0.226 e. The van der Waals surface area contributed by atoms with E-state index in [0.717, 1.165) is 25.9 Å². The molecule has 0 aromatic heterocycles. The van der Waals surface area contributed by atoms with Crippen LogP contribution in [0.4, 0.5) is 0 Å². The van der Waals surface area contributed by atoms with Gasteiger partial charge in [-0.3, -0.25) is 4.79 Å². The number of nitrogens with zero attached hydrogens (tertiary/aromatic N) is 1. The van der Waals surface area contributed by atoms with Crippen molar-refractivity contribution in [3.63, 3.8) is 0 Å². The van der Waals surface area contributed by atoms with Crippen molar-refractivity contribution in [1.29, 1.82) is 0 Å². The molecule has 1 saturated carbocycles. The fraction of sp³-hybridized carbons (Fsp3) is 0.923. The number of amides is 1. The van der Waals surface area contributed by atoms with Crippen LogP contribution >= 0.6 is 0 Å². The topological polar surface area (TPSA) is 46.3 Å². The van der Waals surface area contributed by atoms with Crippen molar-refractivity contribution in [3.8, 4) is 0 Å². The van der Waals surface area contributed by atoms with Gasteiger partial charge in [0.2, 0.25) is 5.91 Å². The number of carbonyl (C=O) groups is 1. The Bertz CT molecular complexity index is 261. The van der Waals surface area contributed by atoms with Crippen LogP contribution in [0.2, 0.25) is 0 Å². The van der Waals surface area contributed by atoms with Gasteiger partial charge < -0.3 is 10.6 Å². The van der Waals surface area contributed by atoms with Crippen molar-refractivity contribution in [2.45, 2.75) is 45.6 Å². The molecule has 4 atom stereocenters. The van der Waals surface area contributed by atoms with E-state index in [9.17, 15) is 4.79 Å². The highest BCUT2D eigenvalue weighted by molar-refractivity contribution is 5.79. The van der Waals surface area contributed by atoms with Crippen LogP contribution < -0.4 is 5.73 Å². The smallest absolute Gasteiger partial charge is 0.226 e. The lowest BCUT2D eigenvalue weighted by atomic mass is 9.72. The normalized spacial score (nSPS) is 40.1. The average molecular weight is 224 g/mol. The van der Waals surface area contributed by atoms with Crippen LogP contribution in [0, 0.1) is 17.8 Å². The van der Waals surface area contributed by atoms with Gasteiger partial charge in [0.25, 0.3) is 0 Å². The standard InChI is InChI=1S/C13H24N2O/c1-9-7-10(2)12(14)8-11(9)13(16)15-5-3-4-6-15/h9-12H,3-8,14H2,1-2H3. The monoisotopic (exact) mass is 224 g/mol. The van der Waals surface area contributed by atoms with E-state index in [1.54, 1.807) is 0 Å². The summed E-state index contributed by atoms with van der Waals surface area (Å²) in [7, 11) is 0. The van der Waals surface area contributed by atoms with E-state index in [1.165, 1.54) is 12.8 Å². The Hall–Kier alpha value is -0.570. The van der Waals surface area contributed by atoms with E-state index < -0.39 is 0 Å². The van der Waals surface area contributed by atoms with Gasteiger partial charge in [-0.15, -0.1) is 0 Å². The molecule has 2 aliphatic rings. The summed E-state index contributed by atoms with van der Waals surface area (Å²) in [6, 6.07) is 0.216. The highest BCUT2D eigenvalue weighted by Gasteiger charge is 2.37. The molecule has 3 heteroatoms. The zero-order chi connectivity index (χ0) is 11.7. The van der Waals surface area contributed by atoms with E-state index in [2.05, 4.69) is 13.8 Å². The van der Waals surface area contributed by atoms with Crippen molar-refractivity contribution in [3.05, 3.63) is 0 Å². The zero-order valence-corrected chi connectivity index (χ0v) is 10.5. The minimum absolute atomic E-state index is 0.185. The summed E-state index contributed by atoms with van der Waals surface area (Å²) < 4.78 is 0. The van der Waals surface area contributed by atoms with Crippen LogP contribution in [-0.2, 0) is 4.79 Å². The van der Waals surface area contributed by atoms with Gasteiger partial charge >= 0.3 is 0 Å². The number of carbonyl (C=O) groups excluding carboxylic acids is 1. The molecule has 1 aliphatic heterocycles. The molecule has 92 valence electrons. The second-order valence-electron chi connectivity index (χ2n) is 5.73. The Kier molecular flexibility index (Phi) is 3.53. The molecule has 2 N–H and O–H groups in total. The van der Waals surface area contributed by atoms with Crippen molar-refractivity contribution in [2.24, 2.45) is 23.5 Å². The molecule has 0 spiro atoms. The van der Waals surface area contributed by atoms with Gasteiger partial charge in [-0.2, -0.15) is 0 Å². The molecule has 0 radical (unpaired) electrons. The van der Waals surface area contributed by atoms with Gasteiger partial charge in [0.15, 0.2) is 0 Å². The highest BCUT2D eigenvalue weighted by Crippen LogP contribution is 2.34. The Morgan fingerprint density at radius 3 is 2.38 bits per heavy atom. The fourth-order valence-corrected chi connectivity index (χ4v) is 3.20. The maximum absolute atomic E-state index is 12.3. The zero-order valence-electron chi connectivity index (χ0n) is 10.5. The van der Waals surface area contributed by atoms with Crippen LogP contribution in [0.25, 0.3) is 0 Å². The lowest BCUT2D eigenvalue weighted by Crippen LogP contribution is -2.45. The first-order valence-corrected chi connectivity index (χ1v) is 6.64. The number of likely N-dealkylation sites (tertiary alicyclic amines) is 1. The van der Waals surface area contributed by atoms with Crippen LogP contribution in [0.5, 0.6) is 0 Å². The maximum atomic E-state index is 12.3. The number of rotatable bonds is 1. The minimum atomic E-state index is 0.185. The molecular formula is C13H24N2O. The first-order valence-electron chi connectivity index (χ1n) is 6.64. The minimum Gasteiger partial charge on any atom is -0.342 e. The highest BCUT2D eigenvalue weighted by atomic mass is 16.2. The summed E-state index contributed by atoms with van der Waals surface area (Å²) in [6.07, 6.45) is 4.34. The summed E-state index contributed by atoms with van der Waals surface area (Å²) in [5, 5.41) is 0. The Labute approximate surface area is 98.4 Å². The second kappa shape index (κ2) is 4.74. The molecule has 0 bridgehead atoms. The second-order valence-corrected chi connectivity index (χ2v) is 5.73. The third kappa shape index (κ3) is 2.24. The van der Waals surface area contributed by atoms with Crippen LogP contribution in [0.3, 0.4) is 0 Å². The van der Waals surface area contributed by atoms with Crippen molar-refractivity contribution in [1.82, 2.24) is 4.90 Å². The number of hydrogen-bond acceptors (Lipinski definition) is 2. The molecule has 16 heavy (non-hydrogen) atoms. The van der Waals surface area contributed by atoms with E-state index in [1.807, 2.05) is 4.90 Å². The van der Waals surface area contributed by atoms with Gasteiger partial charge in [-0.05, 0) is 37.5 Å². The van der Waals surface area contributed by atoms with Crippen LogP contribution in [0.15, 0.2) is 0 Å². The molecule has 2 fully saturated rings. The molecule has 1 aliphatic carbocycles. The van der Waals surface area contributed by atoms with Crippen molar-refractivity contribution in [2.75, 3.05) is 13.1 Å². The summed E-state index contributed by atoms with van der Waals surface area (Å²) in [6.45, 7) is 6.35. The van der Waals surface area contributed by atoms with Gasteiger partial charge in [-0.25, -0.2) is 0 Å². The molecule has 4 unspecified atom stereocenters. The molecule has 1 amide bonds. The Balaban J connectivity index is 1.99. The van der Waals surface area contributed by atoms with Crippen LogP contribution in [-0.4, -0.2) is 29.9 Å². The Morgan fingerprint density at radius 2 is 1.75 bits per heavy atom. The molecule has 1 heterocycles. The lowest BCUT2D eigenvalue weighted by Gasteiger charge is -2.37. The Morgan fingerprint density at radius 1 is 1.12 bits per heavy atom. The number of hydrogen-bond donors (Lipinski definition) is 1. The summed E-state index contributed by atoms with van der Waals surface area (Å²) in [4.78, 5) is 14.4. The fourth-order valence-electron chi connectivity index (χ4n) is 3.20. The average Bonchev–Trinajstić information content (AvgIpc) is 2.75. The number of nitrogens with two attached hydrogens (primary N) is 1. The van der Waals surface area contributed by atoms with E-state index >= 15 is 0 Å². The molecule has 2 rings (SSSR count). The molecule has 3 nitrogen and oxygen atoms in total. The third-order valence-corrected chi connectivity index (χ3v) is 4.42. The molecule has 0 aromatic carbocycles. The van der Waals surface area contributed by atoms with E-state index in [4.69, 9.17) is 5.73 Å². The quantitative estimate of drug-likeness (QED) is 0.735. The van der Waals surface area contributed by atoms with Crippen molar-refractivity contribution >= 4 is 5.91 Å². The SMILES string of the molecule is CC1CC(C)C(C(=O)N2CCCC2)CC1N. The summed E-state index contributed by atoms with van der Waals surface area (Å²) >= 11 is 0. The van der Waals surface area contributed by atoms with E-state index in [-0.39, 0.29) is 12.0 Å².